The lowest BCUT2D eigenvalue weighted by atomic mass is 9.87. The van der Waals surface area contributed by atoms with Gasteiger partial charge in [0.15, 0.2) is 11.6 Å². The lowest BCUT2D eigenvalue weighted by molar-refractivity contribution is 0.384. The summed E-state index contributed by atoms with van der Waals surface area (Å²) in [5.41, 5.74) is 1.05. The second kappa shape index (κ2) is 4.30. The quantitative estimate of drug-likeness (QED) is 0.756. The Bertz CT molecular complexity index is 323. The van der Waals surface area contributed by atoms with Crippen LogP contribution >= 0.6 is 15.9 Å². The number of benzene rings is 1. The first-order valence-electron chi connectivity index (χ1n) is 4.41. The molecule has 0 saturated heterocycles. The van der Waals surface area contributed by atoms with E-state index in [9.17, 15) is 4.39 Å². The first-order chi connectivity index (χ1) is 6.51. The molecule has 78 valence electrons. The van der Waals surface area contributed by atoms with Crippen LogP contribution < -0.4 is 4.74 Å². The Kier molecular flexibility index (Phi) is 3.53. The van der Waals surface area contributed by atoms with Gasteiger partial charge in [0.05, 0.1) is 7.11 Å². The number of hydrogen-bond acceptors (Lipinski definition) is 1. The molecule has 1 aromatic carbocycles. The number of hydrogen-bond donors (Lipinski definition) is 0. The molecule has 14 heavy (non-hydrogen) atoms. The molecule has 0 bridgehead atoms. The SMILES string of the molecule is COc1cc(C(C)(C)CBr)ccc1F. The molecule has 3 heteroatoms. The molecule has 0 fully saturated rings. The van der Waals surface area contributed by atoms with Crippen molar-refractivity contribution in [2.45, 2.75) is 19.3 Å². The molecule has 0 aliphatic heterocycles. The monoisotopic (exact) mass is 260 g/mol. The molecular weight excluding hydrogens is 247 g/mol. The zero-order valence-electron chi connectivity index (χ0n) is 8.60. The van der Waals surface area contributed by atoms with Gasteiger partial charge in [-0.05, 0) is 23.1 Å². The van der Waals surface area contributed by atoms with Crippen molar-refractivity contribution in [2.24, 2.45) is 0 Å². The molecule has 0 aromatic heterocycles. The minimum atomic E-state index is -0.318. The first kappa shape index (κ1) is 11.5. The van der Waals surface area contributed by atoms with Crippen LogP contribution in [0.4, 0.5) is 4.39 Å². The predicted octanol–water partition coefficient (Wildman–Crippen LogP) is 3.51. The molecule has 0 aliphatic rings. The van der Waals surface area contributed by atoms with Crippen LogP contribution in [0, 0.1) is 5.82 Å². The van der Waals surface area contributed by atoms with Crippen molar-refractivity contribution in [3.63, 3.8) is 0 Å². The summed E-state index contributed by atoms with van der Waals surface area (Å²) in [7, 11) is 1.48. The van der Waals surface area contributed by atoms with Gasteiger partial charge < -0.3 is 4.74 Å². The van der Waals surface area contributed by atoms with Gasteiger partial charge >= 0.3 is 0 Å². The maximum atomic E-state index is 13.1. The topological polar surface area (TPSA) is 9.23 Å². The van der Waals surface area contributed by atoms with Gasteiger partial charge in [0, 0.05) is 5.33 Å². The van der Waals surface area contributed by atoms with Crippen molar-refractivity contribution in [2.75, 3.05) is 12.4 Å². The summed E-state index contributed by atoms with van der Waals surface area (Å²) in [5, 5.41) is 0.828. The highest BCUT2D eigenvalue weighted by molar-refractivity contribution is 9.09. The largest absolute Gasteiger partial charge is 0.494 e. The normalized spacial score (nSPS) is 11.5. The molecule has 1 nitrogen and oxygen atoms in total. The summed E-state index contributed by atoms with van der Waals surface area (Å²) in [6.07, 6.45) is 0. The molecule has 1 rings (SSSR count). The molecule has 0 atom stereocenters. The molecule has 0 amide bonds. The Morgan fingerprint density at radius 1 is 1.43 bits per heavy atom. The molecule has 1 aromatic rings. The summed E-state index contributed by atoms with van der Waals surface area (Å²) in [6, 6.07) is 4.98. The van der Waals surface area contributed by atoms with E-state index in [1.165, 1.54) is 13.2 Å². The predicted molar refractivity (Wildman–Crippen MR) is 59.8 cm³/mol. The lowest BCUT2D eigenvalue weighted by Gasteiger charge is -2.22. The summed E-state index contributed by atoms with van der Waals surface area (Å²) >= 11 is 3.44. The Balaban J connectivity index is 3.12. The standard InChI is InChI=1S/C11H14BrFO/c1-11(2,7-12)8-4-5-9(13)10(6-8)14-3/h4-6H,7H2,1-3H3. The van der Waals surface area contributed by atoms with E-state index in [1.807, 2.05) is 0 Å². The van der Waals surface area contributed by atoms with E-state index in [1.54, 1.807) is 12.1 Å². The van der Waals surface area contributed by atoms with Gasteiger partial charge in [-0.1, -0.05) is 35.8 Å². The van der Waals surface area contributed by atoms with E-state index in [2.05, 4.69) is 29.8 Å². The van der Waals surface area contributed by atoms with E-state index < -0.39 is 0 Å². The van der Waals surface area contributed by atoms with Gasteiger partial charge in [0.1, 0.15) is 0 Å². The van der Waals surface area contributed by atoms with Crippen molar-refractivity contribution < 1.29 is 9.13 Å². The van der Waals surface area contributed by atoms with Crippen molar-refractivity contribution in [3.8, 4) is 5.75 Å². The van der Waals surface area contributed by atoms with Crippen LogP contribution in [-0.2, 0) is 5.41 Å². The summed E-state index contributed by atoms with van der Waals surface area (Å²) < 4.78 is 18.1. The Morgan fingerprint density at radius 3 is 2.57 bits per heavy atom. The van der Waals surface area contributed by atoms with Crippen LogP contribution in [0.1, 0.15) is 19.4 Å². The number of alkyl halides is 1. The maximum absolute atomic E-state index is 13.1. The maximum Gasteiger partial charge on any atom is 0.165 e. The van der Waals surface area contributed by atoms with Crippen LogP contribution in [0.2, 0.25) is 0 Å². The van der Waals surface area contributed by atoms with Gasteiger partial charge in [-0.15, -0.1) is 0 Å². The third-order valence-corrected chi connectivity index (χ3v) is 3.67. The molecule has 0 N–H and O–H groups in total. The van der Waals surface area contributed by atoms with E-state index in [0.29, 0.717) is 5.75 Å². The average molecular weight is 261 g/mol. The fourth-order valence-electron chi connectivity index (χ4n) is 1.16. The fraction of sp³-hybridized carbons (Fsp3) is 0.455. The average Bonchev–Trinajstić information content (AvgIpc) is 2.18. The Labute approximate surface area is 92.4 Å². The second-order valence-electron chi connectivity index (χ2n) is 3.87. The van der Waals surface area contributed by atoms with Crippen molar-refractivity contribution >= 4 is 15.9 Å². The van der Waals surface area contributed by atoms with Gasteiger partial charge in [-0.25, -0.2) is 4.39 Å². The minimum absolute atomic E-state index is 0.0129. The number of halogens is 2. The molecule has 0 radical (unpaired) electrons. The fourth-order valence-corrected chi connectivity index (χ4v) is 1.48. The molecule has 0 unspecified atom stereocenters. The van der Waals surface area contributed by atoms with E-state index in [-0.39, 0.29) is 11.2 Å². The zero-order valence-corrected chi connectivity index (χ0v) is 10.2. The van der Waals surface area contributed by atoms with Gasteiger partial charge in [-0.3, -0.25) is 0 Å². The van der Waals surface area contributed by atoms with Gasteiger partial charge in [0.25, 0.3) is 0 Å². The second-order valence-corrected chi connectivity index (χ2v) is 4.43. The van der Waals surface area contributed by atoms with Crippen molar-refractivity contribution in [3.05, 3.63) is 29.6 Å². The lowest BCUT2D eigenvalue weighted by Crippen LogP contribution is -2.18. The first-order valence-corrected chi connectivity index (χ1v) is 5.53. The summed E-state index contributed by atoms with van der Waals surface area (Å²) in [4.78, 5) is 0. The minimum Gasteiger partial charge on any atom is -0.494 e. The van der Waals surface area contributed by atoms with E-state index in [4.69, 9.17) is 4.74 Å². The van der Waals surface area contributed by atoms with Gasteiger partial charge in [0.2, 0.25) is 0 Å². The van der Waals surface area contributed by atoms with Crippen LogP contribution in [0.25, 0.3) is 0 Å². The van der Waals surface area contributed by atoms with Crippen LogP contribution in [0.5, 0.6) is 5.75 Å². The summed E-state index contributed by atoms with van der Waals surface area (Å²) in [6.45, 7) is 4.18. The Morgan fingerprint density at radius 2 is 2.07 bits per heavy atom. The summed E-state index contributed by atoms with van der Waals surface area (Å²) in [5.74, 6) is -0.0156. The van der Waals surface area contributed by atoms with Crippen molar-refractivity contribution in [1.29, 1.82) is 0 Å². The number of rotatable bonds is 3. The molecule has 0 heterocycles. The van der Waals surface area contributed by atoms with Crippen LogP contribution in [0.3, 0.4) is 0 Å². The molecule has 0 spiro atoms. The molecular formula is C11H14BrFO. The molecule has 0 saturated carbocycles. The third-order valence-electron chi connectivity index (χ3n) is 2.27. The highest BCUT2D eigenvalue weighted by atomic mass is 79.9. The van der Waals surface area contributed by atoms with E-state index in [0.717, 1.165) is 10.9 Å². The van der Waals surface area contributed by atoms with Crippen molar-refractivity contribution in [1.82, 2.24) is 0 Å². The smallest absolute Gasteiger partial charge is 0.165 e. The van der Waals surface area contributed by atoms with Gasteiger partial charge in [-0.2, -0.15) is 0 Å². The van der Waals surface area contributed by atoms with Crippen LogP contribution in [0.15, 0.2) is 18.2 Å². The van der Waals surface area contributed by atoms with E-state index >= 15 is 0 Å². The molecule has 0 aliphatic carbocycles. The third kappa shape index (κ3) is 2.27. The number of ether oxygens (including phenoxy) is 1. The zero-order chi connectivity index (χ0) is 10.8. The Hall–Kier alpha value is -0.570. The highest BCUT2D eigenvalue weighted by Crippen LogP contribution is 2.29. The highest BCUT2D eigenvalue weighted by Gasteiger charge is 2.20. The number of methoxy groups -OCH3 is 1. The van der Waals surface area contributed by atoms with Crippen LogP contribution in [-0.4, -0.2) is 12.4 Å².